The molecular weight excluding hydrogens is 404 g/mol. The Bertz CT molecular complexity index is 894. The molecule has 1 aliphatic heterocycles. The highest BCUT2D eigenvalue weighted by Crippen LogP contribution is 2.41. The summed E-state index contributed by atoms with van der Waals surface area (Å²) in [7, 11) is 3.09. The number of carbonyl (C=O) groups excluding carboxylic acids is 1. The Hall–Kier alpha value is -2.83. The van der Waals surface area contributed by atoms with Gasteiger partial charge in [-0.25, -0.2) is 0 Å². The number of hydrogen-bond donors (Lipinski definition) is 0. The SMILES string of the molecule is COC[C@@H]1O[C@H](COC(c2ccccc2)(c2ccccc2)c2ccccc2)C(=O)[C@@H]1OC. The minimum Gasteiger partial charge on any atom is -0.382 e. The van der Waals surface area contributed by atoms with E-state index in [4.69, 9.17) is 18.9 Å². The van der Waals surface area contributed by atoms with E-state index in [1.807, 2.05) is 91.0 Å². The number of methoxy groups -OCH3 is 2. The normalized spacial score (nSPS) is 21.1. The molecule has 0 N–H and O–H groups in total. The summed E-state index contributed by atoms with van der Waals surface area (Å²) >= 11 is 0. The van der Waals surface area contributed by atoms with Gasteiger partial charge in [0.1, 0.15) is 23.9 Å². The van der Waals surface area contributed by atoms with Crippen molar-refractivity contribution in [1.82, 2.24) is 0 Å². The Morgan fingerprint density at radius 2 is 1.22 bits per heavy atom. The fourth-order valence-corrected chi connectivity index (χ4v) is 4.37. The molecule has 0 saturated carbocycles. The van der Waals surface area contributed by atoms with Crippen LogP contribution in [0.2, 0.25) is 0 Å². The van der Waals surface area contributed by atoms with Crippen molar-refractivity contribution in [2.45, 2.75) is 23.9 Å². The molecule has 0 aliphatic carbocycles. The number of Topliss-reactive ketones (excluding diaryl/α,β-unsaturated/α-hetero) is 1. The molecule has 4 rings (SSSR count). The number of benzene rings is 3. The number of carbonyl (C=O) groups is 1. The molecule has 0 amide bonds. The maximum absolute atomic E-state index is 13.0. The van der Waals surface area contributed by atoms with E-state index in [0.29, 0.717) is 0 Å². The van der Waals surface area contributed by atoms with Gasteiger partial charge in [0.15, 0.2) is 5.78 Å². The largest absolute Gasteiger partial charge is 0.382 e. The second-order valence-corrected chi connectivity index (χ2v) is 7.77. The molecule has 0 aromatic heterocycles. The lowest BCUT2D eigenvalue weighted by Gasteiger charge is -2.36. The first-order valence-electron chi connectivity index (χ1n) is 10.7. The van der Waals surface area contributed by atoms with Gasteiger partial charge in [0.25, 0.3) is 0 Å². The van der Waals surface area contributed by atoms with Crippen LogP contribution < -0.4 is 0 Å². The lowest BCUT2D eigenvalue weighted by Crippen LogP contribution is -2.38. The lowest BCUT2D eigenvalue weighted by atomic mass is 9.80. The van der Waals surface area contributed by atoms with Crippen molar-refractivity contribution in [1.29, 1.82) is 0 Å². The topological polar surface area (TPSA) is 54.0 Å². The van der Waals surface area contributed by atoms with Gasteiger partial charge in [-0.2, -0.15) is 0 Å². The molecule has 32 heavy (non-hydrogen) atoms. The molecule has 1 heterocycles. The van der Waals surface area contributed by atoms with Gasteiger partial charge in [-0.3, -0.25) is 4.79 Å². The zero-order chi connectivity index (χ0) is 22.4. The molecule has 3 aromatic rings. The van der Waals surface area contributed by atoms with Crippen LogP contribution in [0.5, 0.6) is 0 Å². The first-order chi connectivity index (χ1) is 15.7. The van der Waals surface area contributed by atoms with Gasteiger partial charge in [0.05, 0.1) is 13.2 Å². The molecule has 1 aliphatic rings. The van der Waals surface area contributed by atoms with Crippen LogP contribution in [0.15, 0.2) is 91.0 Å². The van der Waals surface area contributed by atoms with Crippen LogP contribution in [0.1, 0.15) is 16.7 Å². The van der Waals surface area contributed by atoms with E-state index >= 15 is 0 Å². The van der Waals surface area contributed by atoms with Gasteiger partial charge >= 0.3 is 0 Å². The molecule has 0 radical (unpaired) electrons. The maximum atomic E-state index is 13.0. The number of rotatable bonds is 9. The molecule has 0 spiro atoms. The molecule has 0 unspecified atom stereocenters. The third-order valence-corrected chi connectivity index (χ3v) is 5.85. The van der Waals surface area contributed by atoms with Gasteiger partial charge in [0, 0.05) is 14.2 Å². The average Bonchev–Trinajstić information content (AvgIpc) is 3.16. The Balaban J connectivity index is 1.75. The van der Waals surface area contributed by atoms with E-state index in [1.165, 1.54) is 7.11 Å². The van der Waals surface area contributed by atoms with Crippen LogP contribution >= 0.6 is 0 Å². The Kier molecular flexibility index (Phi) is 7.12. The van der Waals surface area contributed by atoms with E-state index in [1.54, 1.807) is 7.11 Å². The monoisotopic (exact) mass is 432 g/mol. The fraction of sp³-hybridized carbons (Fsp3) is 0.296. The van der Waals surface area contributed by atoms with Crippen molar-refractivity contribution in [3.05, 3.63) is 108 Å². The fourth-order valence-electron chi connectivity index (χ4n) is 4.37. The lowest BCUT2D eigenvalue weighted by molar-refractivity contribution is -0.132. The van der Waals surface area contributed by atoms with Crippen LogP contribution in [-0.2, 0) is 29.3 Å². The summed E-state index contributed by atoms with van der Waals surface area (Å²) in [6, 6.07) is 30.2. The summed E-state index contributed by atoms with van der Waals surface area (Å²) in [5, 5.41) is 0. The quantitative estimate of drug-likeness (QED) is 0.479. The van der Waals surface area contributed by atoms with Crippen LogP contribution in [0.25, 0.3) is 0 Å². The number of ketones is 1. The highest BCUT2D eigenvalue weighted by atomic mass is 16.6. The zero-order valence-electron chi connectivity index (χ0n) is 18.3. The van der Waals surface area contributed by atoms with Gasteiger partial charge in [0.2, 0.25) is 0 Å². The zero-order valence-corrected chi connectivity index (χ0v) is 18.3. The van der Waals surface area contributed by atoms with Crippen molar-refractivity contribution in [3.63, 3.8) is 0 Å². The summed E-state index contributed by atoms with van der Waals surface area (Å²) in [4.78, 5) is 13.0. The third-order valence-electron chi connectivity index (χ3n) is 5.85. The van der Waals surface area contributed by atoms with Crippen molar-refractivity contribution in [2.24, 2.45) is 0 Å². The summed E-state index contributed by atoms with van der Waals surface area (Å²) in [6.07, 6.45) is -1.86. The van der Waals surface area contributed by atoms with Gasteiger partial charge in [-0.05, 0) is 16.7 Å². The first kappa shape index (κ1) is 22.4. The van der Waals surface area contributed by atoms with Crippen LogP contribution in [0.3, 0.4) is 0 Å². The summed E-state index contributed by atoms with van der Waals surface area (Å²) in [5.74, 6) is -0.127. The molecular formula is C27H28O5. The van der Waals surface area contributed by atoms with Gasteiger partial charge in [-0.1, -0.05) is 91.0 Å². The van der Waals surface area contributed by atoms with Gasteiger partial charge < -0.3 is 18.9 Å². The molecule has 5 nitrogen and oxygen atoms in total. The van der Waals surface area contributed by atoms with E-state index in [9.17, 15) is 4.79 Å². The smallest absolute Gasteiger partial charge is 0.195 e. The van der Waals surface area contributed by atoms with Gasteiger partial charge in [-0.15, -0.1) is 0 Å². The number of hydrogen-bond acceptors (Lipinski definition) is 5. The Labute approximate surface area is 188 Å². The Morgan fingerprint density at radius 1 is 0.750 bits per heavy atom. The van der Waals surface area contributed by atoms with E-state index in [2.05, 4.69) is 0 Å². The third kappa shape index (κ3) is 4.25. The van der Waals surface area contributed by atoms with Crippen LogP contribution in [0.4, 0.5) is 0 Å². The summed E-state index contributed by atoms with van der Waals surface area (Å²) in [5.41, 5.74) is 2.01. The molecule has 166 valence electrons. The Morgan fingerprint density at radius 3 is 1.62 bits per heavy atom. The molecule has 3 atom stereocenters. The van der Waals surface area contributed by atoms with Crippen molar-refractivity contribution >= 4 is 5.78 Å². The van der Waals surface area contributed by atoms with E-state index in [0.717, 1.165) is 16.7 Å². The highest BCUT2D eigenvalue weighted by Gasteiger charge is 2.46. The maximum Gasteiger partial charge on any atom is 0.195 e. The van der Waals surface area contributed by atoms with Crippen molar-refractivity contribution < 1.29 is 23.7 Å². The van der Waals surface area contributed by atoms with Crippen LogP contribution in [-0.4, -0.2) is 51.5 Å². The standard InChI is InChI=1S/C27H28O5/c1-29-18-24-26(30-2)25(28)23(32-24)19-31-27(20-12-6-3-7-13-20,21-14-8-4-9-15-21)22-16-10-5-11-17-22/h3-17,23-24,26H,18-19H2,1-2H3/t23-,24+,26-/m1/s1. The molecule has 3 aromatic carbocycles. The first-order valence-corrected chi connectivity index (χ1v) is 10.7. The van der Waals surface area contributed by atoms with E-state index in [-0.39, 0.29) is 19.0 Å². The van der Waals surface area contributed by atoms with Crippen LogP contribution in [0, 0.1) is 0 Å². The minimum atomic E-state index is -0.907. The molecule has 5 heteroatoms. The van der Waals surface area contributed by atoms with E-state index < -0.39 is 23.9 Å². The predicted octanol–water partition coefficient (Wildman–Crippen LogP) is 3.99. The average molecular weight is 433 g/mol. The molecule has 1 saturated heterocycles. The minimum absolute atomic E-state index is 0.0809. The summed E-state index contributed by atoms with van der Waals surface area (Å²) in [6.45, 7) is 0.361. The second-order valence-electron chi connectivity index (χ2n) is 7.77. The summed E-state index contributed by atoms with van der Waals surface area (Å²) < 4.78 is 23.3. The van der Waals surface area contributed by atoms with Crippen molar-refractivity contribution in [3.8, 4) is 0 Å². The number of ether oxygens (including phenoxy) is 4. The molecule has 0 bridgehead atoms. The highest BCUT2D eigenvalue weighted by molar-refractivity contribution is 5.90. The van der Waals surface area contributed by atoms with Crippen molar-refractivity contribution in [2.75, 3.05) is 27.4 Å². The second kappa shape index (κ2) is 10.2. The predicted molar refractivity (Wildman–Crippen MR) is 122 cm³/mol. The molecule has 1 fully saturated rings.